The number of hydrogen-bond donors (Lipinski definition) is 1. The Balaban J connectivity index is 1.23. The molecule has 0 unspecified atom stereocenters. The smallest absolute Gasteiger partial charge is 0.325 e. The molecule has 32 heavy (non-hydrogen) atoms. The molecule has 0 aromatic carbocycles. The maximum atomic E-state index is 13.0. The minimum Gasteiger partial charge on any atom is -0.334 e. The fraction of sp³-hybridized carbons (Fsp3) is 0.522. The van der Waals surface area contributed by atoms with Crippen LogP contribution < -0.4 is 5.32 Å². The molecule has 2 aromatic heterocycles. The molecular formula is C23H28N6O3. The van der Waals surface area contributed by atoms with E-state index in [2.05, 4.69) is 15.4 Å². The molecule has 1 N–H and O–H groups in total. The highest BCUT2D eigenvalue weighted by Crippen LogP contribution is 2.36. The summed E-state index contributed by atoms with van der Waals surface area (Å²) in [6.45, 7) is 0.793. The molecule has 9 heteroatoms. The third-order valence-electron chi connectivity index (χ3n) is 6.99. The highest BCUT2D eigenvalue weighted by atomic mass is 16.2. The van der Waals surface area contributed by atoms with E-state index in [0.29, 0.717) is 19.4 Å². The van der Waals surface area contributed by atoms with Crippen molar-refractivity contribution in [3.8, 4) is 11.1 Å². The van der Waals surface area contributed by atoms with Crippen molar-refractivity contribution < 1.29 is 14.4 Å². The van der Waals surface area contributed by atoms with Crippen LogP contribution >= 0.6 is 0 Å². The van der Waals surface area contributed by atoms with Crippen molar-refractivity contribution >= 4 is 17.8 Å². The maximum Gasteiger partial charge on any atom is 0.325 e. The van der Waals surface area contributed by atoms with Gasteiger partial charge < -0.3 is 10.2 Å². The predicted octanol–water partition coefficient (Wildman–Crippen LogP) is 2.40. The molecule has 4 heterocycles. The molecule has 9 nitrogen and oxygen atoms in total. The number of amides is 4. The van der Waals surface area contributed by atoms with Crippen LogP contribution in [0.3, 0.4) is 0 Å². The topological polar surface area (TPSA) is 100 Å². The number of carbonyl (C=O) groups is 3. The second-order valence-corrected chi connectivity index (χ2v) is 9.05. The van der Waals surface area contributed by atoms with Crippen LogP contribution in [0.15, 0.2) is 30.7 Å². The van der Waals surface area contributed by atoms with E-state index in [1.54, 1.807) is 10.9 Å². The average molecular weight is 437 g/mol. The van der Waals surface area contributed by atoms with Crippen molar-refractivity contribution in [2.75, 3.05) is 13.1 Å². The largest absolute Gasteiger partial charge is 0.334 e. The van der Waals surface area contributed by atoms with Gasteiger partial charge in [0, 0.05) is 50.1 Å². The number of hydrogen-bond acceptors (Lipinski definition) is 5. The predicted molar refractivity (Wildman–Crippen MR) is 116 cm³/mol. The quantitative estimate of drug-likeness (QED) is 0.726. The van der Waals surface area contributed by atoms with Crippen molar-refractivity contribution in [3.05, 3.63) is 36.4 Å². The summed E-state index contributed by atoms with van der Waals surface area (Å²) in [5.41, 5.74) is 2.12. The van der Waals surface area contributed by atoms with Gasteiger partial charge in [0.05, 0.1) is 17.9 Å². The van der Waals surface area contributed by atoms with Gasteiger partial charge >= 0.3 is 6.03 Å². The molecule has 1 saturated carbocycles. The molecule has 2 aromatic rings. The van der Waals surface area contributed by atoms with Gasteiger partial charge in [-0.2, -0.15) is 5.10 Å². The summed E-state index contributed by atoms with van der Waals surface area (Å²) in [5.74, 6) is -0.211. The van der Waals surface area contributed by atoms with E-state index in [-0.39, 0.29) is 36.9 Å². The number of pyridine rings is 1. The van der Waals surface area contributed by atoms with Crippen LogP contribution in [0.5, 0.6) is 0 Å². The van der Waals surface area contributed by atoms with Crippen molar-refractivity contribution in [2.45, 2.75) is 56.5 Å². The van der Waals surface area contributed by atoms with Crippen molar-refractivity contribution in [1.82, 2.24) is 29.9 Å². The average Bonchev–Trinajstić information content (AvgIpc) is 3.57. The highest BCUT2D eigenvalue weighted by molar-refractivity contribution is 6.07. The van der Waals surface area contributed by atoms with E-state index in [1.165, 1.54) is 4.90 Å². The first-order valence-electron chi connectivity index (χ1n) is 11.4. The van der Waals surface area contributed by atoms with E-state index in [9.17, 15) is 14.4 Å². The number of carbonyl (C=O) groups excluding carboxylic acids is 3. The Kier molecular flexibility index (Phi) is 5.19. The Labute approximate surface area is 186 Å². The molecule has 0 radical (unpaired) electrons. The number of imide groups is 1. The Morgan fingerprint density at radius 3 is 2.66 bits per heavy atom. The Morgan fingerprint density at radius 2 is 1.97 bits per heavy atom. The van der Waals surface area contributed by atoms with Gasteiger partial charge in [0.2, 0.25) is 5.91 Å². The first-order valence-corrected chi connectivity index (χ1v) is 11.4. The fourth-order valence-corrected chi connectivity index (χ4v) is 5.26. The van der Waals surface area contributed by atoms with Crippen molar-refractivity contribution in [3.63, 3.8) is 0 Å². The molecule has 168 valence electrons. The van der Waals surface area contributed by atoms with Crippen LogP contribution in [-0.2, 0) is 16.6 Å². The number of nitrogens with zero attached hydrogens (tertiary/aromatic N) is 5. The van der Waals surface area contributed by atoms with E-state index in [0.717, 1.165) is 42.5 Å². The van der Waals surface area contributed by atoms with Crippen LogP contribution in [0.25, 0.3) is 11.1 Å². The van der Waals surface area contributed by atoms with E-state index in [1.807, 2.05) is 36.5 Å². The zero-order valence-corrected chi connectivity index (χ0v) is 18.3. The summed E-state index contributed by atoms with van der Waals surface area (Å²) in [6.07, 6.45) is 10.7. The number of aromatic nitrogens is 3. The number of urea groups is 1. The number of aryl methyl sites for hydroxylation is 1. The molecule has 0 bridgehead atoms. The minimum absolute atomic E-state index is 0.0430. The SMILES string of the molecule is Cn1cc(-c2ccc([C@@H]3CCCN3C(=O)CCN3C(=O)NC4(CCCC4)C3=O)nc2)cn1. The molecule has 1 aliphatic carbocycles. The van der Waals surface area contributed by atoms with Crippen LogP contribution in [0.1, 0.15) is 56.7 Å². The summed E-state index contributed by atoms with van der Waals surface area (Å²) >= 11 is 0. The van der Waals surface area contributed by atoms with Gasteiger partial charge in [-0.25, -0.2) is 4.79 Å². The highest BCUT2D eigenvalue weighted by Gasteiger charge is 2.52. The van der Waals surface area contributed by atoms with E-state index in [4.69, 9.17) is 0 Å². The first kappa shape index (κ1) is 20.7. The molecule has 5 rings (SSSR count). The second kappa shape index (κ2) is 8.03. The third kappa shape index (κ3) is 3.55. The van der Waals surface area contributed by atoms with Gasteiger partial charge in [-0.05, 0) is 31.7 Å². The summed E-state index contributed by atoms with van der Waals surface area (Å²) < 4.78 is 1.75. The summed E-state index contributed by atoms with van der Waals surface area (Å²) in [5, 5.41) is 7.07. The lowest BCUT2D eigenvalue weighted by molar-refractivity contribution is -0.134. The number of likely N-dealkylation sites (tertiary alicyclic amines) is 1. The van der Waals surface area contributed by atoms with Crippen LogP contribution in [0.2, 0.25) is 0 Å². The summed E-state index contributed by atoms with van der Waals surface area (Å²) in [4.78, 5) is 45.9. The summed E-state index contributed by atoms with van der Waals surface area (Å²) in [7, 11) is 1.88. The van der Waals surface area contributed by atoms with Gasteiger partial charge in [0.15, 0.2) is 0 Å². The van der Waals surface area contributed by atoms with Gasteiger partial charge in [-0.3, -0.25) is 24.2 Å². The van der Waals surface area contributed by atoms with Crippen molar-refractivity contribution in [2.24, 2.45) is 7.05 Å². The van der Waals surface area contributed by atoms with E-state index < -0.39 is 5.54 Å². The van der Waals surface area contributed by atoms with Crippen LogP contribution in [-0.4, -0.2) is 61.0 Å². The van der Waals surface area contributed by atoms with Gasteiger partial charge in [0.1, 0.15) is 5.54 Å². The molecule has 3 fully saturated rings. The molecule has 3 aliphatic rings. The van der Waals surface area contributed by atoms with Crippen LogP contribution in [0, 0.1) is 0 Å². The second-order valence-electron chi connectivity index (χ2n) is 9.05. The zero-order chi connectivity index (χ0) is 22.3. The Hall–Kier alpha value is -3.23. The Morgan fingerprint density at radius 1 is 1.16 bits per heavy atom. The lowest BCUT2D eigenvalue weighted by Gasteiger charge is -2.25. The molecule has 1 atom stereocenters. The molecule has 4 amide bonds. The Bertz CT molecular complexity index is 1040. The fourth-order valence-electron chi connectivity index (χ4n) is 5.26. The van der Waals surface area contributed by atoms with E-state index >= 15 is 0 Å². The lowest BCUT2D eigenvalue weighted by Crippen LogP contribution is -2.44. The van der Waals surface area contributed by atoms with Gasteiger partial charge in [-0.15, -0.1) is 0 Å². The third-order valence-corrected chi connectivity index (χ3v) is 6.99. The monoisotopic (exact) mass is 436 g/mol. The standard InChI is InChI=1S/C23H28N6O3/c1-27-15-17(14-25-27)16-6-7-18(24-13-16)19-5-4-11-28(19)20(30)8-12-29-21(31)23(26-22(29)32)9-2-3-10-23/h6-7,13-15,19H,2-5,8-12H2,1H3,(H,26,32)/t19-/m0/s1. The molecule has 1 spiro atoms. The number of nitrogens with one attached hydrogen (secondary N) is 1. The summed E-state index contributed by atoms with van der Waals surface area (Å²) in [6, 6.07) is 3.54. The molecule has 2 saturated heterocycles. The van der Waals surface area contributed by atoms with Gasteiger partial charge in [0.25, 0.3) is 5.91 Å². The minimum atomic E-state index is -0.726. The lowest BCUT2D eigenvalue weighted by atomic mass is 9.98. The number of rotatable bonds is 5. The van der Waals surface area contributed by atoms with Crippen LogP contribution in [0.4, 0.5) is 4.79 Å². The zero-order valence-electron chi connectivity index (χ0n) is 18.3. The molecular weight excluding hydrogens is 408 g/mol. The molecule has 2 aliphatic heterocycles. The maximum absolute atomic E-state index is 13.0. The van der Waals surface area contributed by atoms with Gasteiger partial charge in [-0.1, -0.05) is 18.9 Å². The van der Waals surface area contributed by atoms with Crippen molar-refractivity contribution in [1.29, 1.82) is 0 Å². The normalized spacial score (nSPS) is 22.2. The first-order chi connectivity index (χ1) is 15.5.